The van der Waals surface area contributed by atoms with E-state index in [1.54, 1.807) is 42.6 Å². The molecule has 0 saturated heterocycles. The SMILES string of the molecule is O=C(Nc1sc(N/N=C\c2ccc(Cl)cc2)nc1-c1ccccc1)c1ccc(Cl)cc1. The fraction of sp³-hybridized carbons (Fsp3) is 0. The van der Waals surface area contributed by atoms with Gasteiger partial charge in [0.05, 0.1) is 6.21 Å². The van der Waals surface area contributed by atoms with Gasteiger partial charge in [-0.1, -0.05) is 77.0 Å². The third kappa shape index (κ3) is 5.49. The van der Waals surface area contributed by atoms with Crippen molar-refractivity contribution in [1.82, 2.24) is 4.98 Å². The number of carbonyl (C=O) groups excluding carboxylic acids is 1. The van der Waals surface area contributed by atoms with Gasteiger partial charge in [-0.2, -0.15) is 5.10 Å². The van der Waals surface area contributed by atoms with Crippen LogP contribution in [0.3, 0.4) is 0 Å². The lowest BCUT2D eigenvalue weighted by molar-refractivity contribution is 0.102. The van der Waals surface area contributed by atoms with Crippen LogP contribution in [0.5, 0.6) is 0 Å². The van der Waals surface area contributed by atoms with Gasteiger partial charge in [-0.25, -0.2) is 4.98 Å². The van der Waals surface area contributed by atoms with E-state index in [0.717, 1.165) is 11.1 Å². The van der Waals surface area contributed by atoms with Crippen LogP contribution in [0.15, 0.2) is 84.0 Å². The molecule has 4 rings (SSSR count). The highest BCUT2D eigenvalue weighted by Crippen LogP contribution is 2.36. The van der Waals surface area contributed by atoms with Crippen LogP contribution in [0.2, 0.25) is 10.0 Å². The summed E-state index contributed by atoms with van der Waals surface area (Å²) in [7, 11) is 0. The summed E-state index contributed by atoms with van der Waals surface area (Å²) < 4.78 is 0. The van der Waals surface area contributed by atoms with E-state index in [4.69, 9.17) is 23.2 Å². The van der Waals surface area contributed by atoms with Crippen molar-refractivity contribution in [2.24, 2.45) is 5.10 Å². The van der Waals surface area contributed by atoms with Crippen molar-refractivity contribution in [2.45, 2.75) is 0 Å². The molecule has 154 valence electrons. The molecule has 1 heterocycles. The zero-order valence-corrected chi connectivity index (χ0v) is 18.4. The molecule has 4 aromatic rings. The minimum atomic E-state index is -0.242. The second kappa shape index (κ2) is 9.75. The number of aromatic nitrogens is 1. The van der Waals surface area contributed by atoms with Gasteiger partial charge in [0.1, 0.15) is 10.7 Å². The Balaban J connectivity index is 1.57. The van der Waals surface area contributed by atoms with E-state index < -0.39 is 0 Å². The van der Waals surface area contributed by atoms with E-state index in [2.05, 4.69) is 20.8 Å². The molecule has 0 aliphatic rings. The molecule has 5 nitrogen and oxygen atoms in total. The van der Waals surface area contributed by atoms with Crippen LogP contribution in [-0.2, 0) is 0 Å². The summed E-state index contributed by atoms with van der Waals surface area (Å²) in [5.41, 5.74) is 5.89. The lowest BCUT2D eigenvalue weighted by atomic mass is 10.1. The fourth-order valence-corrected chi connectivity index (χ4v) is 3.82. The van der Waals surface area contributed by atoms with Crippen LogP contribution < -0.4 is 10.7 Å². The molecule has 1 aromatic heterocycles. The Morgan fingerprint density at radius 2 is 1.55 bits per heavy atom. The first-order valence-corrected chi connectivity index (χ1v) is 10.8. The van der Waals surface area contributed by atoms with E-state index in [9.17, 15) is 4.79 Å². The smallest absolute Gasteiger partial charge is 0.256 e. The first-order valence-electron chi connectivity index (χ1n) is 9.26. The molecule has 0 radical (unpaired) electrons. The molecule has 2 N–H and O–H groups in total. The van der Waals surface area contributed by atoms with Gasteiger partial charge in [0, 0.05) is 21.2 Å². The molecule has 0 atom stereocenters. The molecule has 0 spiro atoms. The largest absolute Gasteiger partial charge is 0.312 e. The van der Waals surface area contributed by atoms with Crippen LogP contribution in [0.25, 0.3) is 11.3 Å². The first kappa shape index (κ1) is 21.1. The highest BCUT2D eigenvalue weighted by molar-refractivity contribution is 7.20. The van der Waals surface area contributed by atoms with Gasteiger partial charge in [0.2, 0.25) is 5.13 Å². The molecular formula is C23H16Cl2N4OS. The Kier molecular flexibility index (Phi) is 6.62. The third-order valence-electron chi connectivity index (χ3n) is 4.25. The molecule has 31 heavy (non-hydrogen) atoms. The van der Waals surface area contributed by atoms with Gasteiger partial charge in [-0.05, 0) is 42.0 Å². The predicted octanol–water partition coefficient (Wildman–Crippen LogP) is 6.82. The quantitative estimate of drug-likeness (QED) is 0.242. The van der Waals surface area contributed by atoms with Crippen LogP contribution in [-0.4, -0.2) is 17.1 Å². The highest BCUT2D eigenvalue weighted by Gasteiger charge is 2.16. The standard InChI is InChI=1S/C23H16Cl2N4OS/c24-18-10-6-15(7-11-18)14-26-29-23-27-20(16-4-2-1-3-5-16)22(31-23)28-21(30)17-8-12-19(25)13-9-17/h1-14H,(H,27,29)(H,28,30)/b26-14-. The average Bonchev–Trinajstić information content (AvgIpc) is 3.18. The average molecular weight is 467 g/mol. The summed E-state index contributed by atoms with van der Waals surface area (Å²) >= 11 is 13.1. The number of rotatable bonds is 6. The number of amides is 1. The highest BCUT2D eigenvalue weighted by atomic mass is 35.5. The van der Waals surface area contributed by atoms with Crippen LogP contribution in [0.1, 0.15) is 15.9 Å². The van der Waals surface area contributed by atoms with E-state index >= 15 is 0 Å². The Hall–Kier alpha value is -3.19. The van der Waals surface area contributed by atoms with Crippen molar-refractivity contribution < 1.29 is 4.79 Å². The van der Waals surface area contributed by atoms with Gasteiger partial charge in [-0.15, -0.1) is 0 Å². The molecule has 0 saturated carbocycles. The Morgan fingerprint density at radius 1 is 0.903 bits per heavy atom. The normalized spacial score (nSPS) is 10.9. The minimum absolute atomic E-state index is 0.242. The minimum Gasteiger partial charge on any atom is -0.312 e. The van der Waals surface area contributed by atoms with Crippen molar-refractivity contribution in [1.29, 1.82) is 0 Å². The van der Waals surface area contributed by atoms with Crippen molar-refractivity contribution in [2.75, 3.05) is 10.7 Å². The summed E-state index contributed by atoms with van der Waals surface area (Å²) in [4.78, 5) is 17.3. The van der Waals surface area contributed by atoms with Crippen molar-refractivity contribution in [3.05, 3.63) is 100 Å². The molecule has 1 amide bonds. The predicted molar refractivity (Wildman–Crippen MR) is 130 cm³/mol. The number of anilines is 2. The number of hydrazone groups is 1. The Bertz CT molecular complexity index is 1210. The Morgan fingerprint density at radius 3 is 2.23 bits per heavy atom. The van der Waals surface area contributed by atoms with Crippen molar-refractivity contribution in [3.63, 3.8) is 0 Å². The van der Waals surface area contributed by atoms with Gasteiger partial charge in [-0.3, -0.25) is 10.2 Å². The molecule has 0 fully saturated rings. The topological polar surface area (TPSA) is 66.4 Å². The summed E-state index contributed by atoms with van der Waals surface area (Å²) in [6.07, 6.45) is 1.67. The lowest BCUT2D eigenvalue weighted by Gasteiger charge is -2.05. The zero-order valence-electron chi connectivity index (χ0n) is 16.0. The fourth-order valence-electron chi connectivity index (χ4n) is 2.73. The number of benzene rings is 3. The van der Waals surface area contributed by atoms with E-state index in [1.165, 1.54) is 11.3 Å². The molecular weight excluding hydrogens is 451 g/mol. The van der Waals surface area contributed by atoms with Gasteiger partial charge in [0.25, 0.3) is 5.91 Å². The number of hydrogen-bond acceptors (Lipinski definition) is 5. The van der Waals surface area contributed by atoms with Gasteiger partial charge >= 0.3 is 0 Å². The number of hydrogen-bond donors (Lipinski definition) is 2. The van der Waals surface area contributed by atoms with Crippen molar-refractivity contribution in [3.8, 4) is 11.3 Å². The van der Waals surface area contributed by atoms with E-state index in [1.807, 2.05) is 42.5 Å². The monoisotopic (exact) mass is 466 g/mol. The molecule has 0 bridgehead atoms. The van der Waals surface area contributed by atoms with Crippen LogP contribution in [0.4, 0.5) is 10.1 Å². The third-order valence-corrected chi connectivity index (χ3v) is 5.63. The van der Waals surface area contributed by atoms with Gasteiger partial charge < -0.3 is 5.32 Å². The molecule has 0 unspecified atom stereocenters. The lowest BCUT2D eigenvalue weighted by Crippen LogP contribution is -2.11. The van der Waals surface area contributed by atoms with E-state index in [-0.39, 0.29) is 5.91 Å². The number of carbonyl (C=O) groups is 1. The molecule has 0 aliphatic carbocycles. The maximum atomic E-state index is 12.7. The number of nitrogens with one attached hydrogen (secondary N) is 2. The number of thiazole rings is 1. The zero-order chi connectivity index (χ0) is 21.6. The number of nitrogens with zero attached hydrogens (tertiary/aromatic N) is 2. The summed E-state index contributed by atoms with van der Waals surface area (Å²) in [6, 6.07) is 23.7. The van der Waals surface area contributed by atoms with Crippen molar-refractivity contribution >= 4 is 56.8 Å². The Labute approximate surface area is 193 Å². The summed E-state index contributed by atoms with van der Waals surface area (Å²) in [5.74, 6) is -0.242. The maximum Gasteiger partial charge on any atom is 0.256 e. The molecule has 0 aliphatic heterocycles. The summed E-state index contributed by atoms with van der Waals surface area (Å²) in [6.45, 7) is 0. The van der Waals surface area contributed by atoms with Crippen LogP contribution >= 0.6 is 34.5 Å². The second-order valence-corrected chi connectivity index (χ2v) is 8.32. The number of halogens is 2. The molecule has 3 aromatic carbocycles. The molecule has 8 heteroatoms. The van der Waals surface area contributed by atoms with Crippen LogP contribution in [0, 0.1) is 0 Å². The van der Waals surface area contributed by atoms with E-state index in [0.29, 0.717) is 31.4 Å². The maximum absolute atomic E-state index is 12.7. The second-order valence-electron chi connectivity index (χ2n) is 6.45. The van der Waals surface area contributed by atoms with Gasteiger partial charge in [0.15, 0.2) is 0 Å². The summed E-state index contributed by atoms with van der Waals surface area (Å²) in [5, 5.41) is 9.60. The first-order chi connectivity index (χ1) is 15.1.